The van der Waals surface area contributed by atoms with Crippen molar-refractivity contribution in [3.05, 3.63) is 53.6 Å². The molecule has 2 aliphatic rings. The van der Waals surface area contributed by atoms with Crippen molar-refractivity contribution >= 4 is 41.5 Å². The summed E-state index contributed by atoms with van der Waals surface area (Å²) in [6.07, 6.45) is 9.15. The Kier molecular flexibility index (Phi) is 11.2. The molecule has 3 amide bonds. The van der Waals surface area contributed by atoms with Gasteiger partial charge in [0.25, 0.3) is 5.91 Å². The molecule has 2 aromatic heterocycles. The van der Waals surface area contributed by atoms with Gasteiger partial charge in [0, 0.05) is 70.5 Å². The number of likely N-dealkylation sites (tertiary alicyclic amines) is 1. The van der Waals surface area contributed by atoms with Crippen LogP contribution in [0.2, 0.25) is 0 Å². The van der Waals surface area contributed by atoms with Crippen molar-refractivity contribution in [3.63, 3.8) is 0 Å². The zero-order chi connectivity index (χ0) is 33.3. The molecule has 1 atom stereocenters. The van der Waals surface area contributed by atoms with Crippen LogP contribution >= 0.6 is 0 Å². The van der Waals surface area contributed by atoms with E-state index < -0.39 is 0 Å². The summed E-state index contributed by atoms with van der Waals surface area (Å²) < 4.78 is 20.7. The van der Waals surface area contributed by atoms with Crippen molar-refractivity contribution in [2.75, 3.05) is 57.2 Å². The quantitative estimate of drug-likeness (QED) is 0.154. The molecule has 252 valence electrons. The highest BCUT2D eigenvalue weighted by Crippen LogP contribution is 2.35. The number of aliphatic imine (C=N–C) groups is 1. The fourth-order valence-corrected chi connectivity index (χ4v) is 5.82. The van der Waals surface area contributed by atoms with E-state index in [2.05, 4.69) is 15.6 Å². The van der Waals surface area contributed by atoms with E-state index in [9.17, 15) is 14.4 Å². The summed E-state index contributed by atoms with van der Waals surface area (Å²) in [6.45, 7) is 5.87. The number of carbonyl (C=O) groups excluding carboxylic acids is 3. The minimum atomic E-state index is -0.106. The predicted octanol–water partition coefficient (Wildman–Crippen LogP) is 3.89. The zero-order valence-corrected chi connectivity index (χ0v) is 27.7. The average Bonchev–Trinajstić information content (AvgIpc) is 3.79. The Labute approximate surface area is 275 Å². The Bertz CT molecular complexity index is 1590. The topological polar surface area (TPSA) is 132 Å². The maximum Gasteiger partial charge on any atom is 0.270 e. The molecule has 2 saturated heterocycles. The lowest BCUT2D eigenvalue weighted by Crippen LogP contribution is -2.41. The van der Waals surface area contributed by atoms with E-state index in [1.807, 2.05) is 77.9 Å². The Hall–Kier alpha value is -4.78. The maximum atomic E-state index is 12.9. The monoisotopic (exact) mass is 647 g/mol. The van der Waals surface area contributed by atoms with Crippen LogP contribution in [0, 0.1) is 6.92 Å². The smallest absolute Gasteiger partial charge is 0.270 e. The second kappa shape index (κ2) is 15.7. The van der Waals surface area contributed by atoms with E-state index in [4.69, 9.17) is 14.2 Å². The van der Waals surface area contributed by atoms with Gasteiger partial charge in [-0.15, -0.1) is 0 Å². The van der Waals surface area contributed by atoms with Gasteiger partial charge in [-0.25, -0.2) is 0 Å². The lowest BCUT2D eigenvalue weighted by atomic mass is 10.1. The third-order valence-corrected chi connectivity index (χ3v) is 8.54. The Morgan fingerprint density at radius 2 is 1.83 bits per heavy atom. The van der Waals surface area contributed by atoms with Crippen LogP contribution < -0.4 is 20.1 Å². The first-order valence-electron chi connectivity index (χ1n) is 16.0. The van der Waals surface area contributed by atoms with E-state index in [1.165, 1.54) is 0 Å². The van der Waals surface area contributed by atoms with Gasteiger partial charge in [0.05, 0.1) is 56.6 Å². The van der Waals surface area contributed by atoms with Gasteiger partial charge in [0.1, 0.15) is 5.69 Å². The van der Waals surface area contributed by atoms with Crippen LogP contribution in [0.3, 0.4) is 0 Å². The number of hydrogen-bond donors (Lipinski definition) is 2. The van der Waals surface area contributed by atoms with Crippen molar-refractivity contribution < 1.29 is 28.6 Å². The van der Waals surface area contributed by atoms with Crippen LogP contribution in [-0.2, 0) is 35.0 Å². The van der Waals surface area contributed by atoms with Crippen molar-refractivity contribution in [1.29, 1.82) is 0 Å². The summed E-state index contributed by atoms with van der Waals surface area (Å²) >= 11 is 0. The van der Waals surface area contributed by atoms with Crippen LogP contribution in [-0.4, -0.2) is 96.0 Å². The highest BCUT2D eigenvalue weighted by Gasteiger charge is 2.22. The summed E-state index contributed by atoms with van der Waals surface area (Å²) in [5.74, 6) is 1.05. The third kappa shape index (κ3) is 8.53. The molecule has 4 heterocycles. The zero-order valence-electron chi connectivity index (χ0n) is 27.7. The van der Waals surface area contributed by atoms with E-state index in [0.29, 0.717) is 68.8 Å². The molecule has 47 heavy (non-hydrogen) atoms. The van der Waals surface area contributed by atoms with Crippen LogP contribution in [0.1, 0.15) is 47.4 Å². The first kappa shape index (κ1) is 33.6. The number of hydrogen-bond acceptors (Lipinski definition) is 8. The van der Waals surface area contributed by atoms with E-state index in [-0.39, 0.29) is 24.3 Å². The molecule has 3 aromatic rings. The summed E-state index contributed by atoms with van der Waals surface area (Å²) in [5.41, 5.74) is 4.85. The molecule has 0 radical (unpaired) electrons. The molecule has 0 aliphatic carbocycles. The molecule has 2 aliphatic heterocycles. The largest absolute Gasteiger partial charge is 0.493 e. The Morgan fingerprint density at radius 1 is 1.04 bits per heavy atom. The van der Waals surface area contributed by atoms with Crippen LogP contribution in [0.5, 0.6) is 11.5 Å². The number of anilines is 2. The summed E-state index contributed by atoms with van der Waals surface area (Å²) in [7, 11) is 5.39. The second-order valence-corrected chi connectivity index (χ2v) is 11.9. The average molecular weight is 648 g/mol. The summed E-state index contributed by atoms with van der Waals surface area (Å²) in [6, 6.07) is 7.52. The highest BCUT2D eigenvalue weighted by molar-refractivity contribution is 5.94. The molecule has 2 fully saturated rings. The normalized spacial score (nSPS) is 16.5. The van der Waals surface area contributed by atoms with Crippen molar-refractivity contribution in [1.82, 2.24) is 18.9 Å². The number of aryl methyl sites for hydroxylation is 3. The van der Waals surface area contributed by atoms with Gasteiger partial charge in [-0.1, -0.05) is 0 Å². The molecule has 1 unspecified atom stereocenters. The number of aromatic nitrogens is 2. The van der Waals surface area contributed by atoms with Crippen molar-refractivity contribution in [3.8, 4) is 11.5 Å². The summed E-state index contributed by atoms with van der Waals surface area (Å²) in [4.78, 5) is 45.1. The number of nitrogens with one attached hydrogen (secondary N) is 2. The molecule has 0 bridgehead atoms. The number of amides is 3. The lowest BCUT2D eigenvalue weighted by Gasteiger charge is -2.26. The predicted molar refractivity (Wildman–Crippen MR) is 180 cm³/mol. The second-order valence-electron chi connectivity index (χ2n) is 11.9. The minimum absolute atomic E-state index is 0.00205. The Morgan fingerprint density at radius 3 is 2.60 bits per heavy atom. The van der Waals surface area contributed by atoms with Gasteiger partial charge in [-0.2, -0.15) is 0 Å². The standard InChI is InChI=1S/C34H45N7O6/c1-24-15-31(45-4)32(18-29(24)36-19-27-7-5-9-41(27)23-42)47-12-6-8-33(43)37-26-16-28(38(2)22-26)20-35-25-17-30(39(3)21-25)34(44)40-10-13-46-14-11-40/h15-19,21-23,27,35H,5-14,20H2,1-4H3,(H,37,43)/b36-19-. The van der Waals surface area contributed by atoms with E-state index in [0.717, 1.165) is 48.4 Å². The minimum Gasteiger partial charge on any atom is -0.493 e. The third-order valence-electron chi connectivity index (χ3n) is 8.54. The van der Waals surface area contributed by atoms with Crippen LogP contribution in [0.4, 0.5) is 17.1 Å². The molecular weight excluding hydrogens is 602 g/mol. The van der Waals surface area contributed by atoms with Crippen molar-refractivity contribution in [2.24, 2.45) is 19.1 Å². The molecule has 0 spiro atoms. The lowest BCUT2D eigenvalue weighted by molar-refractivity contribution is -0.118. The molecule has 5 rings (SSSR count). The van der Waals surface area contributed by atoms with Gasteiger partial charge < -0.3 is 43.8 Å². The molecule has 1 aromatic carbocycles. The highest BCUT2D eigenvalue weighted by atomic mass is 16.5. The van der Waals surface area contributed by atoms with Gasteiger partial charge in [-0.3, -0.25) is 19.4 Å². The van der Waals surface area contributed by atoms with Gasteiger partial charge in [0.2, 0.25) is 12.3 Å². The maximum absolute atomic E-state index is 12.9. The first-order valence-corrected chi connectivity index (χ1v) is 16.0. The van der Waals surface area contributed by atoms with Crippen molar-refractivity contribution in [2.45, 2.75) is 45.2 Å². The number of rotatable bonds is 14. The number of methoxy groups -OCH3 is 1. The van der Waals surface area contributed by atoms with Crippen LogP contribution in [0.15, 0.2) is 41.7 Å². The molecule has 2 N–H and O–H groups in total. The summed E-state index contributed by atoms with van der Waals surface area (Å²) in [5, 5.41) is 6.36. The first-order chi connectivity index (χ1) is 22.7. The number of carbonyl (C=O) groups is 3. The number of nitrogens with zero attached hydrogens (tertiary/aromatic N) is 5. The number of ether oxygens (including phenoxy) is 3. The van der Waals surface area contributed by atoms with Gasteiger partial charge in [-0.05, 0) is 49.9 Å². The van der Waals surface area contributed by atoms with Gasteiger partial charge in [0.15, 0.2) is 11.5 Å². The molecular formula is C34H45N7O6. The van der Waals surface area contributed by atoms with Gasteiger partial charge >= 0.3 is 0 Å². The number of benzene rings is 1. The Balaban J connectivity index is 1.09. The molecule has 13 heteroatoms. The van der Waals surface area contributed by atoms with Crippen LogP contribution in [0.25, 0.3) is 0 Å². The molecule has 13 nitrogen and oxygen atoms in total. The van der Waals surface area contributed by atoms with E-state index in [1.54, 1.807) is 12.0 Å². The molecule has 0 saturated carbocycles. The fourth-order valence-electron chi connectivity index (χ4n) is 5.82. The van der Waals surface area contributed by atoms with E-state index >= 15 is 0 Å². The SMILES string of the molecule is COc1cc(C)c(/N=C\C2CCCN2C=O)cc1OCCCC(=O)Nc1cc(CNc2cc(C(=O)N3CCOCC3)n(C)c2)n(C)c1. The fraction of sp³-hybridized carbons (Fsp3) is 0.471. The number of morpholine rings is 1.